The molecule has 0 spiro atoms. The van der Waals surface area contributed by atoms with Crippen LogP contribution in [0.1, 0.15) is 37.5 Å². The summed E-state index contributed by atoms with van der Waals surface area (Å²) < 4.78 is 0. The lowest BCUT2D eigenvalue weighted by atomic mass is 10.1. The lowest BCUT2D eigenvalue weighted by Crippen LogP contribution is -2.42. The molecule has 0 saturated carbocycles. The van der Waals surface area contributed by atoms with E-state index in [9.17, 15) is 15.0 Å². The number of aliphatic hydroxyl groups is 1. The molecule has 114 valence electrons. The molecule has 0 aliphatic rings. The topological polar surface area (TPSA) is 60.8 Å². The van der Waals surface area contributed by atoms with E-state index in [2.05, 4.69) is 0 Å². The summed E-state index contributed by atoms with van der Waals surface area (Å²) in [5.41, 5.74) is 1.96. The zero-order valence-corrected chi connectivity index (χ0v) is 13.1. The molecular formula is C15H24ClNO3. The molecule has 0 amide bonds. The number of likely N-dealkylation sites (N-methyl/N-ethyl adjacent to an activating group) is 1. The third-order valence-corrected chi connectivity index (χ3v) is 3.39. The number of aryl methyl sites for hydroxylation is 1. The lowest BCUT2D eigenvalue weighted by molar-refractivity contribution is -0.143. The van der Waals surface area contributed by atoms with Gasteiger partial charge in [-0.05, 0) is 25.5 Å². The normalized spacial score (nSPS) is 13.7. The molecule has 0 aliphatic carbocycles. The van der Waals surface area contributed by atoms with E-state index < -0.39 is 18.1 Å². The molecule has 4 nitrogen and oxygen atoms in total. The summed E-state index contributed by atoms with van der Waals surface area (Å²) in [4.78, 5) is 13.0. The summed E-state index contributed by atoms with van der Waals surface area (Å²) in [7, 11) is 0. The molecule has 2 atom stereocenters. The predicted molar refractivity (Wildman–Crippen MR) is 82.3 cm³/mol. The number of hydrogen-bond acceptors (Lipinski definition) is 3. The Labute approximate surface area is 126 Å². The van der Waals surface area contributed by atoms with Crippen molar-refractivity contribution in [1.29, 1.82) is 0 Å². The summed E-state index contributed by atoms with van der Waals surface area (Å²) in [6.45, 7) is 6.69. The molecule has 1 aromatic carbocycles. The minimum Gasteiger partial charge on any atom is -0.480 e. The first kappa shape index (κ1) is 18.9. The van der Waals surface area contributed by atoms with Gasteiger partial charge < -0.3 is 10.2 Å². The number of hydrogen-bond donors (Lipinski definition) is 2. The van der Waals surface area contributed by atoms with Gasteiger partial charge in [-0.1, -0.05) is 43.7 Å². The fraction of sp³-hybridized carbons (Fsp3) is 0.533. The fourth-order valence-electron chi connectivity index (χ4n) is 2.18. The van der Waals surface area contributed by atoms with Gasteiger partial charge >= 0.3 is 5.97 Å². The van der Waals surface area contributed by atoms with Gasteiger partial charge in [0.15, 0.2) is 0 Å². The van der Waals surface area contributed by atoms with E-state index in [1.54, 1.807) is 4.90 Å². The number of carboxylic acid groups (broad SMARTS) is 1. The van der Waals surface area contributed by atoms with Gasteiger partial charge in [0.05, 0.1) is 6.10 Å². The zero-order valence-electron chi connectivity index (χ0n) is 12.2. The molecule has 5 heteroatoms. The number of nitrogens with zero attached hydrogens (tertiary/aromatic N) is 1. The fourth-order valence-corrected chi connectivity index (χ4v) is 2.18. The third-order valence-electron chi connectivity index (χ3n) is 3.39. The van der Waals surface area contributed by atoms with Gasteiger partial charge in [-0.2, -0.15) is 0 Å². The molecular weight excluding hydrogens is 278 g/mol. The average molecular weight is 302 g/mol. The number of aliphatic carboxylic acids is 1. The molecule has 0 aliphatic heterocycles. The van der Waals surface area contributed by atoms with Crippen LogP contribution in [-0.2, 0) is 4.79 Å². The number of carbonyl (C=O) groups is 1. The second-order valence-electron chi connectivity index (χ2n) is 4.78. The Morgan fingerprint density at radius 1 is 1.25 bits per heavy atom. The molecule has 20 heavy (non-hydrogen) atoms. The maximum Gasteiger partial charge on any atom is 0.320 e. The molecule has 0 bridgehead atoms. The Balaban J connectivity index is 0.00000361. The molecule has 1 aromatic rings. The highest BCUT2D eigenvalue weighted by molar-refractivity contribution is 5.85. The van der Waals surface area contributed by atoms with Gasteiger partial charge in [0.1, 0.15) is 6.04 Å². The van der Waals surface area contributed by atoms with Crippen molar-refractivity contribution in [2.45, 2.75) is 39.3 Å². The van der Waals surface area contributed by atoms with E-state index in [0.717, 1.165) is 11.1 Å². The van der Waals surface area contributed by atoms with Crippen LogP contribution >= 0.6 is 12.4 Å². The minimum atomic E-state index is -0.833. The van der Waals surface area contributed by atoms with Gasteiger partial charge in [0.25, 0.3) is 0 Å². The minimum absolute atomic E-state index is 0. The van der Waals surface area contributed by atoms with Crippen LogP contribution in [0.5, 0.6) is 0 Å². The molecule has 0 aromatic heterocycles. The van der Waals surface area contributed by atoms with E-state index in [-0.39, 0.29) is 12.4 Å². The van der Waals surface area contributed by atoms with E-state index in [0.29, 0.717) is 19.5 Å². The first-order valence-corrected chi connectivity index (χ1v) is 6.71. The predicted octanol–water partition coefficient (Wildman–Crippen LogP) is 2.64. The SMILES string of the molecule is CCC(C(=O)O)N(CC)CC(O)c1ccc(C)cc1.Cl. The summed E-state index contributed by atoms with van der Waals surface area (Å²) in [5.74, 6) is -0.833. The van der Waals surface area contributed by atoms with Crippen LogP contribution in [0, 0.1) is 6.92 Å². The number of benzene rings is 1. The van der Waals surface area contributed by atoms with Crippen LogP contribution in [0.25, 0.3) is 0 Å². The average Bonchev–Trinajstić information content (AvgIpc) is 2.38. The molecule has 2 unspecified atom stereocenters. The number of halogens is 1. The Bertz CT molecular complexity index is 408. The van der Waals surface area contributed by atoms with Gasteiger partial charge in [0.2, 0.25) is 0 Å². The van der Waals surface area contributed by atoms with Gasteiger partial charge in [-0.3, -0.25) is 9.69 Å². The van der Waals surface area contributed by atoms with Crippen molar-refractivity contribution in [2.75, 3.05) is 13.1 Å². The van der Waals surface area contributed by atoms with Crippen molar-refractivity contribution in [3.8, 4) is 0 Å². The van der Waals surface area contributed by atoms with E-state index in [1.807, 2.05) is 45.0 Å². The highest BCUT2D eigenvalue weighted by Crippen LogP contribution is 2.17. The number of carboxylic acids is 1. The summed E-state index contributed by atoms with van der Waals surface area (Å²) in [5, 5.41) is 19.4. The smallest absolute Gasteiger partial charge is 0.320 e. The van der Waals surface area contributed by atoms with Crippen molar-refractivity contribution in [2.24, 2.45) is 0 Å². The van der Waals surface area contributed by atoms with Crippen molar-refractivity contribution in [3.63, 3.8) is 0 Å². The lowest BCUT2D eigenvalue weighted by Gasteiger charge is -2.29. The molecule has 0 fully saturated rings. The Hall–Kier alpha value is -1.10. The summed E-state index contributed by atoms with van der Waals surface area (Å²) >= 11 is 0. The second kappa shape index (κ2) is 8.95. The van der Waals surface area contributed by atoms with Crippen LogP contribution in [0.4, 0.5) is 0 Å². The van der Waals surface area contributed by atoms with Crippen LogP contribution in [-0.4, -0.2) is 40.2 Å². The number of aliphatic hydroxyl groups excluding tert-OH is 1. The van der Waals surface area contributed by atoms with Crippen molar-refractivity contribution >= 4 is 18.4 Å². The van der Waals surface area contributed by atoms with Crippen molar-refractivity contribution < 1.29 is 15.0 Å². The van der Waals surface area contributed by atoms with Gasteiger partial charge in [0, 0.05) is 6.54 Å². The maximum atomic E-state index is 11.2. The Morgan fingerprint density at radius 2 is 1.80 bits per heavy atom. The molecule has 0 heterocycles. The van der Waals surface area contributed by atoms with E-state index >= 15 is 0 Å². The van der Waals surface area contributed by atoms with Crippen LogP contribution in [0.3, 0.4) is 0 Å². The van der Waals surface area contributed by atoms with E-state index in [1.165, 1.54) is 0 Å². The molecule has 0 saturated heterocycles. The van der Waals surface area contributed by atoms with Crippen LogP contribution < -0.4 is 0 Å². The third kappa shape index (κ3) is 5.12. The quantitative estimate of drug-likeness (QED) is 0.813. The Morgan fingerprint density at radius 3 is 2.20 bits per heavy atom. The van der Waals surface area contributed by atoms with Gasteiger partial charge in [-0.15, -0.1) is 12.4 Å². The standard InChI is InChI=1S/C15H23NO3.ClH/c1-4-13(15(18)19)16(5-2)10-14(17)12-8-6-11(3)7-9-12;/h6-9,13-14,17H,4-5,10H2,1-3H3,(H,18,19);1H. The van der Waals surface area contributed by atoms with Crippen LogP contribution in [0.2, 0.25) is 0 Å². The van der Waals surface area contributed by atoms with Crippen molar-refractivity contribution in [3.05, 3.63) is 35.4 Å². The monoisotopic (exact) mass is 301 g/mol. The van der Waals surface area contributed by atoms with E-state index in [4.69, 9.17) is 0 Å². The first-order chi connectivity index (χ1) is 8.99. The highest BCUT2D eigenvalue weighted by atomic mass is 35.5. The summed E-state index contributed by atoms with van der Waals surface area (Å²) in [6, 6.07) is 7.13. The first-order valence-electron chi connectivity index (χ1n) is 6.71. The zero-order chi connectivity index (χ0) is 14.4. The molecule has 1 rings (SSSR count). The molecule has 2 N–H and O–H groups in total. The Kier molecular flexibility index (Phi) is 8.46. The second-order valence-corrected chi connectivity index (χ2v) is 4.78. The van der Waals surface area contributed by atoms with Gasteiger partial charge in [-0.25, -0.2) is 0 Å². The number of rotatable bonds is 7. The highest BCUT2D eigenvalue weighted by Gasteiger charge is 2.24. The summed E-state index contributed by atoms with van der Waals surface area (Å²) in [6.07, 6.45) is -0.127. The van der Waals surface area contributed by atoms with Crippen molar-refractivity contribution in [1.82, 2.24) is 4.90 Å². The maximum absolute atomic E-state index is 11.2. The molecule has 0 radical (unpaired) electrons. The largest absolute Gasteiger partial charge is 0.480 e. The van der Waals surface area contributed by atoms with Crippen LogP contribution in [0.15, 0.2) is 24.3 Å².